The summed E-state index contributed by atoms with van der Waals surface area (Å²) in [6.45, 7) is 6.40. The Balaban J connectivity index is 1.63. The fourth-order valence-corrected chi connectivity index (χ4v) is 4.09. The van der Waals surface area contributed by atoms with Crippen LogP contribution in [0.15, 0.2) is 0 Å². The van der Waals surface area contributed by atoms with E-state index in [0.29, 0.717) is 5.92 Å². The molecule has 0 spiro atoms. The molecule has 23 heavy (non-hydrogen) atoms. The van der Waals surface area contributed by atoms with Gasteiger partial charge in [0.05, 0.1) is 5.54 Å². The topological polar surface area (TPSA) is 77.0 Å². The fraction of sp³-hybridized carbons (Fsp3) is 0.824. The van der Waals surface area contributed by atoms with Gasteiger partial charge in [-0.05, 0) is 45.4 Å². The lowest BCUT2D eigenvalue weighted by Gasteiger charge is -2.40. The second kappa shape index (κ2) is 6.59. The molecule has 0 aromatic carbocycles. The van der Waals surface area contributed by atoms with Crippen molar-refractivity contribution in [3.63, 3.8) is 0 Å². The first-order valence-corrected chi connectivity index (χ1v) is 8.94. The molecule has 2 fully saturated rings. The zero-order valence-corrected chi connectivity index (χ0v) is 14.4. The minimum atomic E-state index is -0.611. The van der Waals surface area contributed by atoms with Crippen LogP contribution >= 0.6 is 0 Å². The lowest BCUT2D eigenvalue weighted by molar-refractivity contribution is -0.140. The van der Waals surface area contributed by atoms with Crippen LogP contribution in [0.2, 0.25) is 0 Å². The van der Waals surface area contributed by atoms with Crippen LogP contribution in [0.1, 0.15) is 56.6 Å². The average Bonchev–Trinajstić information content (AvgIpc) is 2.85. The number of carbonyl (C=O) groups is 1. The molecular weight excluding hydrogens is 290 g/mol. The van der Waals surface area contributed by atoms with Gasteiger partial charge in [0.1, 0.15) is 11.6 Å². The van der Waals surface area contributed by atoms with Crippen LogP contribution in [-0.2, 0) is 11.3 Å². The Labute approximate surface area is 138 Å². The van der Waals surface area contributed by atoms with Crippen LogP contribution in [-0.4, -0.2) is 44.2 Å². The molecule has 1 saturated carbocycles. The normalized spacial score (nSPS) is 24.7. The third-order valence-electron chi connectivity index (χ3n) is 5.37. The molecule has 1 saturated heterocycles. The zero-order valence-electron chi connectivity index (χ0n) is 14.4. The Hall–Kier alpha value is -1.43. The number of nitrogens with two attached hydrogens (primary N) is 1. The van der Waals surface area contributed by atoms with Crippen LogP contribution < -0.4 is 5.73 Å². The SMILES string of the molecule is Cc1nc(C)n(CC2CCCN(C(=O)C3(N)CCCCC3)C2)n1. The number of aryl methyl sites for hydroxylation is 2. The van der Waals surface area contributed by atoms with Crippen molar-refractivity contribution in [1.29, 1.82) is 0 Å². The van der Waals surface area contributed by atoms with E-state index in [9.17, 15) is 4.79 Å². The summed E-state index contributed by atoms with van der Waals surface area (Å²) < 4.78 is 1.98. The van der Waals surface area contributed by atoms with Crippen molar-refractivity contribution in [3.8, 4) is 0 Å². The number of aromatic nitrogens is 3. The molecule has 6 heteroatoms. The van der Waals surface area contributed by atoms with E-state index in [1.807, 2.05) is 23.4 Å². The van der Waals surface area contributed by atoms with Gasteiger partial charge in [-0.3, -0.25) is 4.79 Å². The molecule has 6 nitrogen and oxygen atoms in total. The maximum atomic E-state index is 12.9. The van der Waals surface area contributed by atoms with E-state index in [-0.39, 0.29) is 5.91 Å². The zero-order chi connectivity index (χ0) is 16.4. The number of likely N-dealkylation sites (tertiary alicyclic amines) is 1. The van der Waals surface area contributed by atoms with Gasteiger partial charge in [0.15, 0.2) is 0 Å². The Morgan fingerprint density at radius 2 is 2.00 bits per heavy atom. The largest absolute Gasteiger partial charge is 0.341 e. The molecule has 1 amide bonds. The smallest absolute Gasteiger partial charge is 0.242 e. The van der Waals surface area contributed by atoms with E-state index in [0.717, 1.165) is 69.8 Å². The Bertz CT molecular complexity index is 561. The standard InChI is InChI=1S/C17H29N5O/c1-13-19-14(2)22(20-13)12-15-7-6-10-21(11-15)16(23)17(18)8-4-3-5-9-17/h15H,3-12,18H2,1-2H3. The van der Waals surface area contributed by atoms with E-state index in [4.69, 9.17) is 5.73 Å². The van der Waals surface area contributed by atoms with Crippen molar-refractivity contribution in [2.24, 2.45) is 11.7 Å². The van der Waals surface area contributed by atoms with E-state index < -0.39 is 5.54 Å². The minimum absolute atomic E-state index is 0.174. The van der Waals surface area contributed by atoms with Crippen LogP contribution in [0.4, 0.5) is 0 Å². The van der Waals surface area contributed by atoms with Crippen LogP contribution in [0.25, 0.3) is 0 Å². The number of nitrogens with zero attached hydrogens (tertiary/aromatic N) is 4. The maximum Gasteiger partial charge on any atom is 0.242 e. The van der Waals surface area contributed by atoms with E-state index in [1.165, 1.54) is 6.42 Å². The lowest BCUT2D eigenvalue weighted by Crippen LogP contribution is -2.58. The van der Waals surface area contributed by atoms with Crippen LogP contribution in [0.3, 0.4) is 0 Å². The number of piperidine rings is 1. The quantitative estimate of drug-likeness (QED) is 0.921. The predicted molar refractivity (Wildman–Crippen MR) is 88.8 cm³/mol. The maximum absolute atomic E-state index is 12.9. The summed E-state index contributed by atoms with van der Waals surface area (Å²) in [5.74, 6) is 2.39. The van der Waals surface area contributed by atoms with Crippen molar-refractivity contribution in [3.05, 3.63) is 11.6 Å². The van der Waals surface area contributed by atoms with Crippen LogP contribution in [0, 0.1) is 19.8 Å². The minimum Gasteiger partial charge on any atom is -0.341 e. The van der Waals surface area contributed by atoms with Gasteiger partial charge < -0.3 is 10.6 Å². The Morgan fingerprint density at radius 3 is 2.65 bits per heavy atom. The highest BCUT2D eigenvalue weighted by molar-refractivity contribution is 5.86. The number of carbonyl (C=O) groups excluding carboxylic acids is 1. The van der Waals surface area contributed by atoms with Gasteiger partial charge >= 0.3 is 0 Å². The molecule has 3 rings (SSSR count). The molecule has 2 aliphatic rings. The highest BCUT2D eigenvalue weighted by atomic mass is 16.2. The second-order valence-electron chi connectivity index (χ2n) is 7.36. The van der Waals surface area contributed by atoms with Gasteiger partial charge in [0.2, 0.25) is 5.91 Å². The predicted octanol–water partition coefficient (Wildman–Crippen LogP) is 1.80. The van der Waals surface area contributed by atoms with Crippen molar-refractivity contribution in [1.82, 2.24) is 19.7 Å². The summed E-state index contributed by atoms with van der Waals surface area (Å²) in [5.41, 5.74) is 5.83. The molecule has 1 unspecified atom stereocenters. The number of rotatable bonds is 3. The first-order valence-electron chi connectivity index (χ1n) is 8.94. The molecule has 128 valence electrons. The molecule has 0 bridgehead atoms. The summed E-state index contributed by atoms with van der Waals surface area (Å²) in [6.07, 6.45) is 7.25. The van der Waals surface area contributed by atoms with E-state index in [1.54, 1.807) is 0 Å². The van der Waals surface area contributed by atoms with Crippen molar-refractivity contribution >= 4 is 5.91 Å². The third kappa shape index (κ3) is 3.57. The molecule has 1 aliphatic carbocycles. The van der Waals surface area contributed by atoms with Gasteiger partial charge in [-0.2, -0.15) is 5.10 Å². The third-order valence-corrected chi connectivity index (χ3v) is 5.37. The Kier molecular flexibility index (Phi) is 4.71. The molecular formula is C17H29N5O. The monoisotopic (exact) mass is 319 g/mol. The Morgan fingerprint density at radius 1 is 1.26 bits per heavy atom. The first kappa shape index (κ1) is 16.4. The van der Waals surface area contributed by atoms with Gasteiger partial charge in [-0.15, -0.1) is 0 Å². The first-order chi connectivity index (χ1) is 11.0. The number of hydrogen-bond acceptors (Lipinski definition) is 4. The summed E-state index contributed by atoms with van der Waals surface area (Å²) in [6, 6.07) is 0. The van der Waals surface area contributed by atoms with Gasteiger partial charge in [0.25, 0.3) is 0 Å². The lowest BCUT2D eigenvalue weighted by atomic mass is 9.81. The van der Waals surface area contributed by atoms with Crippen molar-refractivity contribution < 1.29 is 4.79 Å². The number of hydrogen-bond donors (Lipinski definition) is 1. The summed E-state index contributed by atoms with van der Waals surface area (Å²) in [5, 5.41) is 4.46. The van der Waals surface area contributed by atoms with Crippen molar-refractivity contribution in [2.75, 3.05) is 13.1 Å². The fourth-order valence-electron chi connectivity index (χ4n) is 4.09. The molecule has 1 atom stereocenters. The van der Waals surface area contributed by atoms with Gasteiger partial charge in [0, 0.05) is 19.6 Å². The number of amides is 1. The molecule has 1 aliphatic heterocycles. The molecule has 1 aromatic rings. The van der Waals surface area contributed by atoms with E-state index >= 15 is 0 Å². The van der Waals surface area contributed by atoms with E-state index in [2.05, 4.69) is 10.1 Å². The van der Waals surface area contributed by atoms with Gasteiger partial charge in [-0.25, -0.2) is 9.67 Å². The summed E-state index contributed by atoms with van der Waals surface area (Å²) >= 11 is 0. The highest BCUT2D eigenvalue weighted by Gasteiger charge is 2.39. The van der Waals surface area contributed by atoms with Crippen molar-refractivity contribution in [2.45, 2.75) is 70.9 Å². The van der Waals surface area contributed by atoms with Gasteiger partial charge in [-0.1, -0.05) is 19.3 Å². The molecule has 1 aromatic heterocycles. The van der Waals surface area contributed by atoms with Crippen LogP contribution in [0.5, 0.6) is 0 Å². The second-order valence-corrected chi connectivity index (χ2v) is 7.36. The average molecular weight is 319 g/mol. The molecule has 2 N–H and O–H groups in total. The molecule has 2 heterocycles. The summed E-state index contributed by atoms with van der Waals surface area (Å²) in [4.78, 5) is 19.3. The molecule has 0 radical (unpaired) electrons. The summed E-state index contributed by atoms with van der Waals surface area (Å²) in [7, 11) is 0. The highest BCUT2D eigenvalue weighted by Crippen LogP contribution is 2.29.